The lowest BCUT2D eigenvalue weighted by Gasteiger charge is -2.32. The molecule has 2 fully saturated rings. The van der Waals surface area contributed by atoms with Crippen molar-refractivity contribution in [3.05, 3.63) is 151 Å². The molecule has 10 rings (SSSR count). The fourth-order valence-corrected chi connectivity index (χ4v) is 10.4. The Kier molecular flexibility index (Phi) is 14.0. The molecule has 2 aromatic heterocycles. The molecule has 0 saturated carbocycles. The van der Waals surface area contributed by atoms with Crippen LogP contribution in [0.1, 0.15) is 132 Å². The number of aromatic amines is 2. The van der Waals surface area contributed by atoms with Gasteiger partial charge in [0.15, 0.2) is 0 Å². The summed E-state index contributed by atoms with van der Waals surface area (Å²) in [6, 6.07) is 28.3. The van der Waals surface area contributed by atoms with Gasteiger partial charge >= 0.3 is 0 Å². The Bertz CT molecular complexity index is 2640. The van der Waals surface area contributed by atoms with Gasteiger partial charge in [-0.05, 0) is 148 Å². The summed E-state index contributed by atoms with van der Waals surface area (Å²) in [5.74, 6) is 2.70. The lowest BCUT2D eigenvalue weighted by atomic mass is 9.88. The molecule has 0 bridgehead atoms. The molecule has 4 aliphatic rings. The lowest BCUT2D eigenvalue weighted by molar-refractivity contribution is 0.0704. The Morgan fingerprint density at radius 2 is 1.03 bits per heavy atom. The van der Waals surface area contributed by atoms with E-state index in [-0.39, 0.29) is 11.8 Å². The van der Waals surface area contributed by atoms with E-state index in [9.17, 15) is 9.59 Å². The Morgan fingerprint density at radius 3 is 1.51 bits per heavy atom. The van der Waals surface area contributed by atoms with Crippen molar-refractivity contribution in [2.45, 2.75) is 97.5 Å². The Morgan fingerprint density at radius 1 is 0.574 bits per heavy atom. The molecule has 4 aliphatic heterocycles. The summed E-state index contributed by atoms with van der Waals surface area (Å²) in [6.45, 7) is 13.9. The van der Waals surface area contributed by atoms with Gasteiger partial charge in [-0.1, -0.05) is 36.4 Å². The number of nitrogens with one attached hydrogen (secondary N) is 2. The second-order valence-corrected chi connectivity index (χ2v) is 18.9. The van der Waals surface area contributed by atoms with Crippen molar-refractivity contribution >= 4 is 11.8 Å². The maximum Gasteiger partial charge on any atom is 0.254 e. The molecule has 2 N–H and O–H groups in total. The van der Waals surface area contributed by atoms with Gasteiger partial charge in [-0.2, -0.15) is 10.5 Å². The molecule has 6 aromatic rings. The number of hydrogen-bond donors (Lipinski definition) is 2. The summed E-state index contributed by atoms with van der Waals surface area (Å²) >= 11 is 0. The molecule has 2 saturated heterocycles. The first kappa shape index (κ1) is 46.3. The van der Waals surface area contributed by atoms with E-state index in [0.29, 0.717) is 42.8 Å². The van der Waals surface area contributed by atoms with Crippen molar-refractivity contribution in [3.8, 4) is 34.9 Å². The first-order valence-electron chi connectivity index (χ1n) is 24.2. The van der Waals surface area contributed by atoms with Crippen molar-refractivity contribution < 1.29 is 19.1 Å². The molecule has 0 radical (unpaired) electrons. The summed E-state index contributed by atoms with van der Waals surface area (Å²) in [5, 5.41) is 18.0. The lowest BCUT2D eigenvalue weighted by Crippen LogP contribution is -2.38. The molecular formula is C56H60N8O4. The number of fused-ring (bicyclic) bond motifs is 2. The Labute approximate surface area is 399 Å². The van der Waals surface area contributed by atoms with Crippen molar-refractivity contribution in [3.63, 3.8) is 0 Å². The quantitative estimate of drug-likeness (QED) is 0.167. The van der Waals surface area contributed by atoms with Crippen molar-refractivity contribution in [2.24, 2.45) is 0 Å². The van der Waals surface area contributed by atoms with Crippen molar-refractivity contribution in [1.82, 2.24) is 29.7 Å². The topological polar surface area (TPSA) is 164 Å². The van der Waals surface area contributed by atoms with Crippen LogP contribution in [0, 0.1) is 50.4 Å². The van der Waals surface area contributed by atoms with Crippen LogP contribution in [0.5, 0.6) is 0 Å². The number of carbonyl (C=O) groups excluding carboxylic acids is 2. The molecule has 68 heavy (non-hydrogen) atoms. The minimum Gasteiger partial charge on any atom is -0.381 e. The van der Waals surface area contributed by atoms with Gasteiger partial charge < -0.3 is 29.2 Å². The number of rotatable bonds is 6. The van der Waals surface area contributed by atoms with Crippen LogP contribution >= 0.6 is 0 Å². The largest absolute Gasteiger partial charge is 0.381 e. The van der Waals surface area contributed by atoms with E-state index in [1.165, 1.54) is 11.1 Å². The fourth-order valence-electron chi connectivity index (χ4n) is 10.4. The second kappa shape index (κ2) is 20.6. The first-order valence-corrected chi connectivity index (χ1v) is 24.2. The van der Waals surface area contributed by atoms with Crippen LogP contribution < -0.4 is 0 Å². The van der Waals surface area contributed by atoms with E-state index in [2.05, 4.69) is 48.1 Å². The Balaban J connectivity index is 0.000000170. The SMILES string of the molecule is Cc1cc(C)c(-c2nc3c([nH]2)CCOCC3)cc1C(=O)N1CCC(c2ccc(C#N)cc2)CC1.Cc1cc(C)c(-c2nc3c([nH]2)COCCC3)cc1C(=O)N1CCC(c2ccc(C#N)cc2)CC1. The number of nitriles is 2. The fraction of sp³-hybridized carbons (Fsp3) is 0.393. The van der Waals surface area contributed by atoms with Crippen molar-refractivity contribution in [1.29, 1.82) is 10.5 Å². The Hall–Kier alpha value is -6.86. The third-order valence-corrected chi connectivity index (χ3v) is 14.4. The van der Waals surface area contributed by atoms with Crippen LogP contribution in [-0.4, -0.2) is 87.5 Å². The van der Waals surface area contributed by atoms with Gasteiger partial charge in [0, 0.05) is 73.6 Å². The molecule has 6 heterocycles. The molecule has 4 aromatic carbocycles. The average molecular weight is 909 g/mol. The van der Waals surface area contributed by atoms with E-state index in [1.54, 1.807) is 0 Å². The van der Waals surface area contributed by atoms with Gasteiger partial charge in [-0.3, -0.25) is 9.59 Å². The van der Waals surface area contributed by atoms with Gasteiger partial charge in [0.2, 0.25) is 0 Å². The number of amides is 2. The summed E-state index contributed by atoms with van der Waals surface area (Å²) in [7, 11) is 0. The maximum atomic E-state index is 13.5. The number of aryl methyl sites for hydroxylation is 5. The van der Waals surface area contributed by atoms with Crippen LogP contribution in [0.25, 0.3) is 22.8 Å². The molecule has 0 aliphatic carbocycles. The molecular weight excluding hydrogens is 849 g/mol. The number of benzene rings is 4. The van der Waals surface area contributed by atoms with Crippen LogP contribution in [0.15, 0.2) is 72.8 Å². The number of aromatic nitrogens is 4. The zero-order valence-corrected chi connectivity index (χ0v) is 39.7. The molecule has 12 nitrogen and oxygen atoms in total. The zero-order valence-electron chi connectivity index (χ0n) is 39.7. The molecule has 0 spiro atoms. The predicted octanol–water partition coefficient (Wildman–Crippen LogP) is 9.75. The zero-order chi connectivity index (χ0) is 47.3. The minimum atomic E-state index is 0.0912. The third kappa shape index (κ3) is 10.0. The van der Waals surface area contributed by atoms with E-state index in [1.807, 2.05) is 84.3 Å². The number of carbonyl (C=O) groups is 2. The minimum absolute atomic E-state index is 0.0912. The standard InChI is InChI=1S/2C28H30N4O2/c1-18-15-19(2)24(16-23(18)27-30-25-9-13-34-14-10-26(25)31-27)28(33)32-11-7-22(8-12-32)21-5-3-20(17-29)4-6-21;1-18-14-19(2)24(15-23(18)27-30-25-4-3-13-34-17-26(25)31-27)28(33)32-11-9-22(10-12-32)21-7-5-20(16-29)6-8-21/h3-6,15-16,22H,7-14H2,1-2H3,(H,30,31);5-8,14-15,22H,3-4,9-13,17H2,1-2H3,(H,30,31). The van der Waals surface area contributed by atoms with Gasteiger partial charge in [0.05, 0.1) is 60.2 Å². The van der Waals surface area contributed by atoms with E-state index >= 15 is 0 Å². The summed E-state index contributed by atoms with van der Waals surface area (Å²) in [4.78, 5) is 47.7. The number of nitrogens with zero attached hydrogens (tertiary/aromatic N) is 6. The van der Waals surface area contributed by atoms with E-state index in [4.69, 9.17) is 30.0 Å². The third-order valence-electron chi connectivity index (χ3n) is 14.4. The van der Waals surface area contributed by atoms with Gasteiger partial charge in [-0.25, -0.2) is 9.97 Å². The number of hydrogen-bond acceptors (Lipinski definition) is 8. The van der Waals surface area contributed by atoms with E-state index < -0.39 is 0 Å². The maximum absolute atomic E-state index is 13.5. The van der Waals surface area contributed by atoms with E-state index in [0.717, 1.165) is 163 Å². The average Bonchev–Trinajstić information content (AvgIpc) is 3.80. The number of H-pyrrole nitrogens is 2. The highest BCUT2D eigenvalue weighted by Crippen LogP contribution is 2.34. The van der Waals surface area contributed by atoms with Crippen LogP contribution in [0.2, 0.25) is 0 Å². The summed E-state index contributed by atoms with van der Waals surface area (Å²) in [5.41, 5.74) is 15.9. The van der Waals surface area contributed by atoms with Crippen LogP contribution in [-0.2, 0) is 35.3 Å². The van der Waals surface area contributed by atoms with Crippen molar-refractivity contribution in [2.75, 3.05) is 46.0 Å². The number of likely N-dealkylation sites (tertiary alicyclic amines) is 2. The first-order chi connectivity index (χ1) is 33.1. The smallest absolute Gasteiger partial charge is 0.254 e. The van der Waals surface area contributed by atoms with Crippen LogP contribution in [0.4, 0.5) is 0 Å². The number of piperidine rings is 2. The molecule has 2 amide bonds. The molecule has 12 heteroatoms. The highest BCUT2D eigenvalue weighted by Gasteiger charge is 2.29. The molecule has 0 unspecified atom stereocenters. The van der Waals surface area contributed by atoms with Crippen LogP contribution in [0.3, 0.4) is 0 Å². The summed E-state index contributed by atoms with van der Waals surface area (Å²) in [6.07, 6.45) is 7.28. The number of imidazole rings is 2. The second-order valence-electron chi connectivity index (χ2n) is 18.9. The normalized spacial score (nSPS) is 16.6. The molecule has 0 atom stereocenters. The van der Waals surface area contributed by atoms with Gasteiger partial charge in [0.1, 0.15) is 11.6 Å². The molecule has 348 valence electrons. The highest BCUT2D eigenvalue weighted by molar-refractivity contribution is 5.98. The predicted molar refractivity (Wildman–Crippen MR) is 261 cm³/mol. The van der Waals surface area contributed by atoms with Gasteiger partial charge in [-0.15, -0.1) is 0 Å². The number of ether oxygens (including phenoxy) is 2. The summed E-state index contributed by atoms with van der Waals surface area (Å²) < 4.78 is 11.2. The highest BCUT2D eigenvalue weighted by atomic mass is 16.5. The van der Waals surface area contributed by atoms with Gasteiger partial charge in [0.25, 0.3) is 11.8 Å². The monoisotopic (exact) mass is 908 g/mol.